The van der Waals surface area contributed by atoms with Crippen LogP contribution in [-0.2, 0) is 32.6 Å². The monoisotopic (exact) mass is 413 g/mol. The number of benzene rings is 2. The van der Waals surface area contributed by atoms with E-state index in [9.17, 15) is 0 Å². The fraction of sp³-hybridized carbons (Fsp3) is 0.0769. The van der Waals surface area contributed by atoms with Crippen LogP contribution in [0.2, 0.25) is 0 Å². The molecule has 2 aromatic rings. The van der Waals surface area contributed by atoms with Gasteiger partial charge in [0, 0.05) is 0 Å². The Morgan fingerprint density at radius 3 is 2.38 bits per heavy atom. The summed E-state index contributed by atoms with van der Waals surface area (Å²) in [6.45, 7) is 0. The molecule has 0 spiro atoms. The van der Waals surface area contributed by atoms with E-state index < -0.39 is 0 Å². The van der Waals surface area contributed by atoms with Gasteiger partial charge in [0.25, 0.3) is 0 Å². The number of fused-ring (bicyclic) bond motifs is 3. The molecule has 0 bridgehead atoms. The van der Waals surface area contributed by atoms with Crippen molar-refractivity contribution in [1.29, 1.82) is 0 Å². The molecule has 1 aliphatic rings. The van der Waals surface area contributed by atoms with E-state index in [2.05, 4.69) is 42.5 Å². The second kappa shape index (κ2) is 6.88. The molecule has 1 radical (unpaired) electrons. The van der Waals surface area contributed by atoms with E-state index in [-0.39, 0.29) is 60.2 Å². The quantitative estimate of drug-likeness (QED) is 0.345. The van der Waals surface area contributed by atoms with E-state index in [1.54, 1.807) is 0 Å². The van der Waals surface area contributed by atoms with Crippen molar-refractivity contribution in [3.63, 3.8) is 0 Å². The first-order valence-electron chi connectivity index (χ1n) is 4.53. The third kappa shape index (κ3) is 2.75. The van der Waals surface area contributed by atoms with Gasteiger partial charge in [-0.05, 0) is 6.42 Å². The second-order valence-corrected chi connectivity index (χ2v) is 3.40. The molecule has 2 aromatic carbocycles. The summed E-state index contributed by atoms with van der Waals surface area (Å²) >= 11 is 0. The van der Waals surface area contributed by atoms with Crippen LogP contribution in [0.5, 0.6) is 0 Å². The Labute approximate surface area is 136 Å². The Kier molecular flexibility index (Phi) is 7.00. The first kappa shape index (κ1) is 16.3. The predicted molar refractivity (Wildman–Crippen MR) is 53.5 cm³/mol. The van der Waals surface area contributed by atoms with Crippen LogP contribution in [0, 0.1) is 6.07 Å². The molecule has 0 saturated carbocycles. The second-order valence-electron chi connectivity index (χ2n) is 3.40. The molecular weight excluding hydrogens is 407 g/mol. The van der Waals surface area contributed by atoms with Crippen molar-refractivity contribution in [2.24, 2.45) is 0 Å². The van der Waals surface area contributed by atoms with Gasteiger partial charge >= 0.3 is 26.2 Å². The predicted octanol–water partition coefficient (Wildman–Crippen LogP) is -2.94. The van der Waals surface area contributed by atoms with E-state index in [0.717, 1.165) is 6.42 Å². The average Bonchev–Trinajstić information content (AvgIpc) is 2.56. The van der Waals surface area contributed by atoms with Crippen LogP contribution >= 0.6 is 0 Å². The molecule has 0 heterocycles. The zero-order valence-corrected chi connectivity index (χ0v) is 14.1. The van der Waals surface area contributed by atoms with Crippen molar-refractivity contribution in [1.82, 2.24) is 0 Å². The molecule has 0 saturated heterocycles. The largest absolute Gasteiger partial charge is 3.00 e. The average molecular weight is 416 g/mol. The standard InChI is InChI=1S/C13H9.2BrH.Zr/c1-3-7-12-10(5-1)9-11-6-2-4-8-13(11)12;;;/h1-5,7-8H,9H2;2*1H;/q-1;;;+3/p-2. The van der Waals surface area contributed by atoms with Gasteiger partial charge in [0.2, 0.25) is 0 Å². The van der Waals surface area contributed by atoms with Crippen LogP contribution in [0.15, 0.2) is 42.5 Å². The summed E-state index contributed by atoms with van der Waals surface area (Å²) < 4.78 is 0. The van der Waals surface area contributed by atoms with Crippen molar-refractivity contribution < 1.29 is 60.2 Å². The van der Waals surface area contributed by atoms with Gasteiger partial charge in [-0.3, -0.25) is 0 Å². The van der Waals surface area contributed by atoms with E-state index in [1.807, 2.05) is 6.07 Å². The molecule has 1 aliphatic carbocycles. The summed E-state index contributed by atoms with van der Waals surface area (Å²) in [6.07, 6.45) is 1.05. The normalized spacial score (nSPS) is 10.0. The zero-order chi connectivity index (χ0) is 8.67. The Morgan fingerprint density at radius 1 is 0.875 bits per heavy atom. The van der Waals surface area contributed by atoms with Gasteiger partial charge in [-0.25, -0.2) is 0 Å². The van der Waals surface area contributed by atoms with Crippen LogP contribution in [0.4, 0.5) is 0 Å². The molecule has 3 heteroatoms. The first-order valence-corrected chi connectivity index (χ1v) is 4.53. The summed E-state index contributed by atoms with van der Waals surface area (Å²) in [4.78, 5) is 0. The van der Waals surface area contributed by atoms with Gasteiger partial charge in [0.15, 0.2) is 0 Å². The number of halogens is 2. The van der Waals surface area contributed by atoms with Crippen molar-refractivity contribution in [2.75, 3.05) is 0 Å². The van der Waals surface area contributed by atoms with Crippen LogP contribution in [0.3, 0.4) is 0 Å². The number of hydrogen-bond acceptors (Lipinski definition) is 0. The third-order valence-electron chi connectivity index (χ3n) is 2.62. The van der Waals surface area contributed by atoms with Gasteiger partial charge in [0.1, 0.15) is 0 Å². The van der Waals surface area contributed by atoms with E-state index in [4.69, 9.17) is 0 Å². The first-order chi connectivity index (χ1) is 6.45. The van der Waals surface area contributed by atoms with Crippen LogP contribution in [0.25, 0.3) is 11.1 Å². The molecule has 0 nitrogen and oxygen atoms in total. The van der Waals surface area contributed by atoms with Gasteiger partial charge < -0.3 is 34.0 Å². The van der Waals surface area contributed by atoms with E-state index in [0.29, 0.717) is 0 Å². The molecule has 0 amide bonds. The minimum Gasteiger partial charge on any atom is -1.00 e. The third-order valence-corrected chi connectivity index (χ3v) is 2.62. The van der Waals surface area contributed by atoms with Gasteiger partial charge in [-0.2, -0.15) is 29.8 Å². The van der Waals surface area contributed by atoms with Gasteiger partial charge in [-0.1, -0.05) is 35.4 Å². The van der Waals surface area contributed by atoms with Gasteiger partial charge in [0.05, 0.1) is 0 Å². The molecule has 0 atom stereocenters. The zero-order valence-electron chi connectivity index (χ0n) is 8.50. The Morgan fingerprint density at radius 2 is 1.56 bits per heavy atom. The SMILES string of the molecule is [Br-].[Br-].[Zr+3].[c-]1cccc2c1Cc1ccccc1-2. The maximum absolute atomic E-state index is 3.30. The van der Waals surface area contributed by atoms with Crippen molar-refractivity contribution in [2.45, 2.75) is 6.42 Å². The molecule has 0 unspecified atom stereocenters. The minimum absolute atomic E-state index is 0. The molecular formula is C13H9Br2Zr. The van der Waals surface area contributed by atoms with Crippen LogP contribution < -0.4 is 34.0 Å². The fourth-order valence-corrected chi connectivity index (χ4v) is 2.00. The maximum Gasteiger partial charge on any atom is 3.00 e. The van der Waals surface area contributed by atoms with Crippen molar-refractivity contribution in [3.05, 3.63) is 59.7 Å². The van der Waals surface area contributed by atoms with E-state index in [1.165, 1.54) is 22.3 Å². The molecule has 0 aliphatic heterocycles. The summed E-state index contributed by atoms with van der Waals surface area (Å²) in [5.41, 5.74) is 5.51. The topological polar surface area (TPSA) is 0 Å². The molecule has 0 N–H and O–H groups in total. The maximum atomic E-state index is 3.30. The smallest absolute Gasteiger partial charge is 1.00 e. The molecule has 79 valence electrons. The van der Waals surface area contributed by atoms with Crippen molar-refractivity contribution >= 4 is 0 Å². The Bertz CT molecular complexity index is 425. The summed E-state index contributed by atoms with van der Waals surface area (Å²) in [5, 5.41) is 0. The Hall–Kier alpha value is 0.283. The summed E-state index contributed by atoms with van der Waals surface area (Å²) in [6, 6.07) is 18.1. The summed E-state index contributed by atoms with van der Waals surface area (Å²) in [5.74, 6) is 0. The summed E-state index contributed by atoms with van der Waals surface area (Å²) in [7, 11) is 0. The molecule has 16 heavy (non-hydrogen) atoms. The molecule has 0 aromatic heterocycles. The Balaban J connectivity index is 0.000000750. The minimum atomic E-state index is 0. The van der Waals surface area contributed by atoms with Crippen LogP contribution in [0.1, 0.15) is 11.1 Å². The van der Waals surface area contributed by atoms with E-state index >= 15 is 0 Å². The molecule has 0 fully saturated rings. The van der Waals surface area contributed by atoms with Crippen molar-refractivity contribution in [3.8, 4) is 11.1 Å². The molecule has 3 rings (SSSR count). The van der Waals surface area contributed by atoms with Gasteiger partial charge in [-0.15, -0.1) is 5.56 Å². The number of rotatable bonds is 0. The fourth-order valence-electron chi connectivity index (χ4n) is 2.00. The van der Waals surface area contributed by atoms with Crippen LogP contribution in [-0.4, -0.2) is 0 Å². The number of hydrogen-bond donors (Lipinski definition) is 0.